The Morgan fingerprint density at radius 2 is 2.25 bits per heavy atom. The third kappa shape index (κ3) is 3.47. The number of carbonyl (C=O) groups excluding carboxylic acids is 1. The number of halogens is 2. The molecule has 0 saturated heterocycles. The summed E-state index contributed by atoms with van der Waals surface area (Å²) < 4.78 is 19.1. The Morgan fingerprint density at radius 3 is 2.92 bits per heavy atom. The van der Waals surface area contributed by atoms with Crippen molar-refractivity contribution in [2.75, 3.05) is 6.54 Å². The molecule has 124 valence electrons. The molecule has 3 rings (SSSR count). The van der Waals surface area contributed by atoms with Crippen molar-refractivity contribution in [1.29, 1.82) is 0 Å². The monoisotopic (exact) mass is 365 g/mol. The molecule has 3 aromatic rings. The zero-order chi connectivity index (χ0) is 17.1. The molecule has 0 aliphatic heterocycles. The molecule has 0 fully saturated rings. The lowest BCUT2D eigenvalue weighted by atomic mass is 10.2. The summed E-state index contributed by atoms with van der Waals surface area (Å²) >= 11 is 7.21. The first-order valence-electron chi connectivity index (χ1n) is 7.19. The van der Waals surface area contributed by atoms with Gasteiger partial charge in [0.1, 0.15) is 12.4 Å². The van der Waals surface area contributed by atoms with E-state index in [1.807, 2.05) is 17.5 Å². The van der Waals surface area contributed by atoms with Gasteiger partial charge in [0.25, 0.3) is 5.91 Å². The molecule has 0 unspecified atom stereocenters. The minimum absolute atomic E-state index is 0.0424. The van der Waals surface area contributed by atoms with Crippen LogP contribution in [0.25, 0.3) is 10.7 Å². The van der Waals surface area contributed by atoms with Gasteiger partial charge < -0.3 is 9.42 Å². The number of rotatable bonds is 5. The predicted octanol–water partition coefficient (Wildman–Crippen LogP) is 4.25. The molecule has 0 radical (unpaired) electrons. The SMILES string of the molecule is CCN(Cc1nc(-c2cccs2)no1)C(=O)c1ccc(Cl)cc1F. The molecule has 0 spiro atoms. The number of nitrogens with zero attached hydrogens (tertiary/aromatic N) is 3. The van der Waals surface area contributed by atoms with Crippen LogP contribution >= 0.6 is 22.9 Å². The van der Waals surface area contributed by atoms with Gasteiger partial charge >= 0.3 is 0 Å². The molecule has 1 aromatic carbocycles. The van der Waals surface area contributed by atoms with Crippen molar-refractivity contribution in [2.24, 2.45) is 0 Å². The van der Waals surface area contributed by atoms with Crippen LogP contribution in [0.1, 0.15) is 23.2 Å². The van der Waals surface area contributed by atoms with E-state index in [1.165, 1.54) is 28.4 Å². The summed E-state index contributed by atoms with van der Waals surface area (Å²) in [6.07, 6.45) is 0. The number of benzene rings is 1. The largest absolute Gasteiger partial charge is 0.337 e. The van der Waals surface area contributed by atoms with Crippen molar-refractivity contribution >= 4 is 28.8 Å². The molecule has 0 N–H and O–H groups in total. The Bertz CT molecular complexity index is 851. The maximum Gasteiger partial charge on any atom is 0.257 e. The molecule has 0 atom stereocenters. The summed E-state index contributed by atoms with van der Waals surface area (Å²) in [4.78, 5) is 19.1. The average molecular weight is 366 g/mol. The molecular formula is C16H13ClFN3O2S. The summed E-state index contributed by atoms with van der Waals surface area (Å²) in [7, 11) is 0. The lowest BCUT2D eigenvalue weighted by Crippen LogP contribution is -2.31. The zero-order valence-electron chi connectivity index (χ0n) is 12.7. The van der Waals surface area contributed by atoms with Gasteiger partial charge in [0.2, 0.25) is 11.7 Å². The third-order valence-corrected chi connectivity index (χ3v) is 4.47. The standard InChI is InChI=1S/C16H13ClFN3O2S/c1-2-21(16(22)11-6-5-10(17)8-12(11)18)9-14-19-15(20-23-14)13-4-3-7-24-13/h3-8H,2,9H2,1H3. The van der Waals surface area contributed by atoms with Crippen LogP contribution in [0.2, 0.25) is 5.02 Å². The van der Waals surface area contributed by atoms with E-state index in [2.05, 4.69) is 10.1 Å². The number of thiophene rings is 1. The fourth-order valence-electron chi connectivity index (χ4n) is 2.15. The molecule has 0 saturated carbocycles. The second kappa shape index (κ2) is 7.11. The lowest BCUT2D eigenvalue weighted by molar-refractivity contribution is 0.0730. The van der Waals surface area contributed by atoms with Crippen molar-refractivity contribution in [3.05, 3.63) is 58.0 Å². The maximum absolute atomic E-state index is 13.9. The van der Waals surface area contributed by atoms with Gasteiger partial charge in [-0.3, -0.25) is 4.79 Å². The van der Waals surface area contributed by atoms with Gasteiger partial charge in [0.05, 0.1) is 10.4 Å². The van der Waals surface area contributed by atoms with Crippen LogP contribution < -0.4 is 0 Å². The minimum Gasteiger partial charge on any atom is -0.337 e. The summed E-state index contributed by atoms with van der Waals surface area (Å²) in [6.45, 7) is 2.27. The van der Waals surface area contributed by atoms with E-state index >= 15 is 0 Å². The van der Waals surface area contributed by atoms with Gasteiger partial charge in [-0.05, 0) is 36.6 Å². The highest BCUT2D eigenvalue weighted by Gasteiger charge is 2.21. The molecule has 1 amide bonds. The van der Waals surface area contributed by atoms with Crippen molar-refractivity contribution in [3.63, 3.8) is 0 Å². The number of aromatic nitrogens is 2. The summed E-state index contributed by atoms with van der Waals surface area (Å²) in [5.41, 5.74) is -0.0424. The molecule has 2 heterocycles. The van der Waals surface area contributed by atoms with E-state index in [9.17, 15) is 9.18 Å². The highest BCUT2D eigenvalue weighted by molar-refractivity contribution is 7.13. The van der Waals surface area contributed by atoms with Crippen LogP contribution in [0.4, 0.5) is 4.39 Å². The fourth-order valence-corrected chi connectivity index (χ4v) is 2.96. The van der Waals surface area contributed by atoms with Crippen LogP contribution in [0, 0.1) is 5.82 Å². The molecule has 2 aromatic heterocycles. The van der Waals surface area contributed by atoms with E-state index in [-0.39, 0.29) is 17.1 Å². The molecule has 5 nitrogen and oxygen atoms in total. The van der Waals surface area contributed by atoms with E-state index in [4.69, 9.17) is 16.1 Å². The van der Waals surface area contributed by atoms with Crippen LogP contribution in [0.3, 0.4) is 0 Å². The van der Waals surface area contributed by atoms with Gasteiger partial charge in [0.15, 0.2) is 0 Å². The van der Waals surface area contributed by atoms with Crippen molar-refractivity contribution < 1.29 is 13.7 Å². The van der Waals surface area contributed by atoms with Gasteiger partial charge in [-0.1, -0.05) is 22.8 Å². The Balaban J connectivity index is 1.78. The van der Waals surface area contributed by atoms with E-state index < -0.39 is 11.7 Å². The van der Waals surface area contributed by atoms with Crippen LogP contribution in [0.15, 0.2) is 40.2 Å². The Morgan fingerprint density at radius 1 is 1.42 bits per heavy atom. The molecule has 0 aliphatic rings. The van der Waals surface area contributed by atoms with Crippen LogP contribution in [-0.2, 0) is 6.54 Å². The smallest absolute Gasteiger partial charge is 0.257 e. The van der Waals surface area contributed by atoms with Gasteiger partial charge in [-0.2, -0.15) is 4.98 Å². The van der Waals surface area contributed by atoms with E-state index in [0.29, 0.717) is 18.3 Å². The van der Waals surface area contributed by atoms with Crippen molar-refractivity contribution in [3.8, 4) is 10.7 Å². The van der Waals surface area contributed by atoms with Crippen LogP contribution in [-0.4, -0.2) is 27.5 Å². The van der Waals surface area contributed by atoms with Gasteiger partial charge in [-0.15, -0.1) is 11.3 Å². The topological polar surface area (TPSA) is 59.2 Å². The summed E-state index contributed by atoms with van der Waals surface area (Å²) in [5.74, 6) is -0.345. The summed E-state index contributed by atoms with van der Waals surface area (Å²) in [5, 5.41) is 6.06. The molecule has 0 bridgehead atoms. The Labute approximate surface area is 146 Å². The van der Waals surface area contributed by atoms with Crippen molar-refractivity contribution in [1.82, 2.24) is 15.0 Å². The van der Waals surface area contributed by atoms with E-state index in [1.54, 1.807) is 6.92 Å². The predicted molar refractivity (Wildman–Crippen MR) is 89.4 cm³/mol. The molecule has 24 heavy (non-hydrogen) atoms. The molecule has 8 heteroatoms. The van der Waals surface area contributed by atoms with Gasteiger partial charge in [-0.25, -0.2) is 4.39 Å². The Hall–Kier alpha value is -2.25. The Kier molecular flexibility index (Phi) is 4.92. The minimum atomic E-state index is -0.657. The lowest BCUT2D eigenvalue weighted by Gasteiger charge is -2.19. The summed E-state index contributed by atoms with van der Waals surface area (Å²) in [6, 6.07) is 7.73. The molecular weight excluding hydrogens is 353 g/mol. The second-order valence-corrected chi connectivity index (χ2v) is 6.32. The van der Waals surface area contributed by atoms with Gasteiger partial charge in [0, 0.05) is 11.6 Å². The van der Waals surface area contributed by atoms with Crippen molar-refractivity contribution in [2.45, 2.75) is 13.5 Å². The zero-order valence-corrected chi connectivity index (χ0v) is 14.3. The normalized spacial score (nSPS) is 10.8. The fraction of sp³-hybridized carbons (Fsp3) is 0.188. The average Bonchev–Trinajstić information content (AvgIpc) is 3.23. The highest BCUT2D eigenvalue weighted by atomic mass is 35.5. The quantitative estimate of drug-likeness (QED) is 0.678. The first-order chi connectivity index (χ1) is 11.6. The van der Waals surface area contributed by atoms with Crippen LogP contribution in [0.5, 0.6) is 0 Å². The second-order valence-electron chi connectivity index (χ2n) is 4.93. The first-order valence-corrected chi connectivity index (χ1v) is 8.45. The maximum atomic E-state index is 13.9. The first kappa shape index (κ1) is 16.6. The number of carbonyl (C=O) groups is 1. The molecule has 0 aliphatic carbocycles. The number of hydrogen-bond acceptors (Lipinski definition) is 5. The number of amides is 1. The third-order valence-electron chi connectivity index (χ3n) is 3.37. The number of hydrogen-bond donors (Lipinski definition) is 0. The highest BCUT2D eigenvalue weighted by Crippen LogP contribution is 2.22. The van der Waals surface area contributed by atoms with E-state index in [0.717, 1.165) is 10.9 Å².